The molecule has 1 aromatic heterocycles. The van der Waals surface area contributed by atoms with Crippen LogP contribution in [0, 0.1) is 0 Å². The van der Waals surface area contributed by atoms with Crippen LogP contribution in [0.3, 0.4) is 0 Å². The van der Waals surface area contributed by atoms with Crippen molar-refractivity contribution in [2.45, 2.75) is 0 Å². The fourth-order valence-corrected chi connectivity index (χ4v) is 3.41. The molecule has 0 atom stereocenters. The first-order chi connectivity index (χ1) is 13.6. The van der Waals surface area contributed by atoms with Crippen LogP contribution < -0.4 is 16.8 Å². The van der Waals surface area contributed by atoms with Crippen LogP contribution >= 0.6 is 15.9 Å². The molecule has 3 N–H and O–H groups in total. The first kappa shape index (κ1) is 18.1. The highest BCUT2D eigenvalue weighted by atomic mass is 79.9. The molecule has 4 aromatic rings. The summed E-state index contributed by atoms with van der Waals surface area (Å²) >= 11 is 3.41. The third-order valence-electron chi connectivity index (χ3n) is 4.36. The van der Waals surface area contributed by atoms with Crippen molar-refractivity contribution < 1.29 is 4.79 Å². The van der Waals surface area contributed by atoms with Gasteiger partial charge in [0.2, 0.25) is 0 Å². The highest BCUT2D eigenvalue weighted by Crippen LogP contribution is 2.24. The van der Waals surface area contributed by atoms with Gasteiger partial charge in [0.05, 0.1) is 16.6 Å². The number of nitrogens with zero attached hydrogens (tertiary/aromatic N) is 2. The molecule has 1 heterocycles. The first-order valence-electron chi connectivity index (χ1n) is 8.47. The topological polar surface area (TPSA) is 90.0 Å². The van der Waals surface area contributed by atoms with Crippen LogP contribution in [0.25, 0.3) is 28.0 Å². The van der Waals surface area contributed by atoms with Gasteiger partial charge in [0.25, 0.3) is 11.5 Å². The second kappa shape index (κ2) is 7.38. The maximum Gasteiger partial charge on any atom is 0.266 e. The number of carbonyl (C=O) groups excluding carboxylic acids is 1. The maximum atomic E-state index is 13.4. The lowest BCUT2D eigenvalue weighted by Crippen LogP contribution is -2.30. The SMILES string of the molecule is NNC(=O)c1cccc(-n2c(-c3ccccc3)nc3ccc(Br)cc3c2=O)c1. The zero-order valence-electron chi connectivity index (χ0n) is 14.6. The molecule has 1 amide bonds. The highest BCUT2D eigenvalue weighted by Gasteiger charge is 2.16. The van der Waals surface area contributed by atoms with Gasteiger partial charge in [-0.1, -0.05) is 52.3 Å². The molecule has 0 bridgehead atoms. The standard InChI is InChI=1S/C21H15BrN4O2/c22-15-9-10-18-17(12-15)21(28)26(19(24-18)13-5-2-1-3-6-13)16-8-4-7-14(11-16)20(27)25-23/h1-12H,23H2,(H,25,27). The van der Waals surface area contributed by atoms with E-state index < -0.39 is 5.91 Å². The van der Waals surface area contributed by atoms with Gasteiger partial charge >= 0.3 is 0 Å². The summed E-state index contributed by atoms with van der Waals surface area (Å²) in [6.45, 7) is 0. The van der Waals surface area contributed by atoms with E-state index in [4.69, 9.17) is 10.8 Å². The summed E-state index contributed by atoms with van der Waals surface area (Å²) in [4.78, 5) is 30.1. The molecule has 6 nitrogen and oxygen atoms in total. The number of nitrogen functional groups attached to an aromatic ring is 1. The Labute approximate surface area is 168 Å². The molecule has 28 heavy (non-hydrogen) atoms. The number of nitrogens with two attached hydrogens (primary N) is 1. The molecule has 0 saturated heterocycles. The van der Waals surface area contributed by atoms with Gasteiger partial charge in [0.1, 0.15) is 5.82 Å². The van der Waals surface area contributed by atoms with Gasteiger partial charge in [-0.25, -0.2) is 10.8 Å². The fraction of sp³-hybridized carbons (Fsp3) is 0. The number of hydrogen-bond donors (Lipinski definition) is 2. The van der Waals surface area contributed by atoms with E-state index in [-0.39, 0.29) is 5.56 Å². The lowest BCUT2D eigenvalue weighted by molar-refractivity contribution is 0.0953. The first-order valence-corrected chi connectivity index (χ1v) is 9.27. The van der Waals surface area contributed by atoms with Crippen molar-refractivity contribution in [2.24, 2.45) is 5.84 Å². The van der Waals surface area contributed by atoms with E-state index in [0.717, 1.165) is 10.0 Å². The Morgan fingerprint density at radius 1 is 1.00 bits per heavy atom. The van der Waals surface area contributed by atoms with Crippen molar-refractivity contribution >= 4 is 32.7 Å². The molecular weight excluding hydrogens is 420 g/mol. The van der Waals surface area contributed by atoms with Crippen molar-refractivity contribution in [3.05, 3.63) is 93.2 Å². The molecule has 0 aliphatic heterocycles. The summed E-state index contributed by atoms with van der Waals surface area (Å²) in [6.07, 6.45) is 0. The number of hydrogen-bond acceptors (Lipinski definition) is 4. The minimum atomic E-state index is -0.437. The normalized spacial score (nSPS) is 10.8. The summed E-state index contributed by atoms with van der Waals surface area (Å²) in [5, 5.41) is 0.475. The second-order valence-electron chi connectivity index (χ2n) is 6.13. The van der Waals surface area contributed by atoms with E-state index in [2.05, 4.69) is 21.4 Å². The van der Waals surface area contributed by atoms with Gasteiger partial charge in [-0.05, 0) is 36.4 Å². The Morgan fingerprint density at radius 3 is 2.54 bits per heavy atom. The number of fused-ring (bicyclic) bond motifs is 1. The number of nitrogens with one attached hydrogen (secondary N) is 1. The van der Waals surface area contributed by atoms with Gasteiger partial charge in [-0.15, -0.1) is 0 Å². The molecular formula is C21H15BrN4O2. The van der Waals surface area contributed by atoms with Gasteiger partial charge in [-0.2, -0.15) is 0 Å². The minimum Gasteiger partial charge on any atom is -0.290 e. The quantitative estimate of drug-likeness (QED) is 0.293. The predicted molar refractivity (Wildman–Crippen MR) is 112 cm³/mol. The zero-order chi connectivity index (χ0) is 19.7. The molecule has 3 aromatic carbocycles. The predicted octanol–water partition coefficient (Wildman–Crippen LogP) is 3.42. The van der Waals surface area contributed by atoms with Crippen LogP contribution in [0.4, 0.5) is 0 Å². The molecule has 4 rings (SSSR count). The number of halogens is 1. The fourth-order valence-electron chi connectivity index (χ4n) is 3.05. The summed E-state index contributed by atoms with van der Waals surface area (Å²) in [5.41, 5.74) is 4.14. The molecule has 0 radical (unpaired) electrons. The number of aromatic nitrogens is 2. The monoisotopic (exact) mass is 434 g/mol. The lowest BCUT2D eigenvalue weighted by Gasteiger charge is -2.15. The maximum absolute atomic E-state index is 13.4. The van der Waals surface area contributed by atoms with Crippen molar-refractivity contribution in [3.8, 4) is 17.1 Å². The number of hydrazine groups is 1. The minimum absolute atomic E-state index is 0.226. The Kier molecular flexibility index (Phi) is 4.77. The highest BCUT2D eigenvalue weighted by molar-refractivity contribution is 9.10. The summed E-state index contributed by atoms with van der Waals surface area (Å²) in [7, 11) is 0. The van der Waals surface area contributed by atoms with Crippen molar-refractivity contribution in [1.82, 2.24) is 15.0 Å². The number of amides is 1. The van der Waals surface area contributed by atoms with E-state index in [1.165, 1.54) is 4.57 Å². The number of rotatable bonds is 3. The summed E-state index contributed by atoms with van der Waals surface area (Å²) in [5.74, 6) is 5.30. The van der Waals surface area contributed by atoms with Gasteiger partial charge in [0, 0.05) is 15.6 Å². The van der Waals surface area contributed by atoms with Crippen LogP contribution in [0.2, 0.25) is 0 Å². The average molecular weight is 435 g/mol. The zero-order valence-corrected chi connectivity index (χ0v) is 16.2. The van der Waals surface area contributed by atoms with Crippen molar-refractivity contribution in [2.75, 3.05) is 0 Å². The number of carbonyl (C=O) groups is 1. The smallest absolute Gasteiger partial charge is 0.266 e. The van der Waals surface area contributed by atoms with E-state index >= 15 is 0 Å². The third-order valence-corrected chi connectivity index (χ3v) is 4.85. The Bertz CT molecular complexity index is 1250. The molecule has 0 spiro atoms. The largest absolute Gasteiger partial charge is 0.290 e. The van der Waals surface area contributed by atoms with E-state index in [0.29, 0.717) is 28.0 Å². The van der Waals surface area contributed by atoms with Crippen LogP contribution in [-0.4, -0.2) is 15.5 Å². The molecule has 0 fully saturated rings. The van der Waals surface area contributed by atoms with E-state index in [9.17, 15) is 9.59 Å². The number of benzene rings is 3. The van der Waals surface area contributed by atoms with Crippen LogP contribution in [0.1, 0.15) is 10.4 Å². The van der Waals surface area contributed by atoms with E-state index in [1.54, 1.807) is 36.4 Å². The van der Waals surface area contributed by atoms with Gasteiger partial charge in [-0.3, -0.25) is 19.6 Å². The van der Waals surface area contributed by atoms with Crippen molar-refractivity contribution in [1.29, 1.82) is 0 Å². The van der Waals surface area contributed by atoms with Crippen LogP contribution in [0.15, 0.2) is 82.1 Å². The molecule has 7 heteroatoms. The van der Waals surface area contributed by atoms with Gasteiger partial charge < -0.3 is 0 Å². The van der Waals surface area contributed by atoms with Gasteiger partial charge in [0.15, 0.2) is 0 Å². The molecule has 138 valence electrons. The average Bonchev–Trinajstić information content (AvgIpc) is 2.74. The lowest BCUT2D eigenvalue weighted by atomic mass is 10.1. The Hall–Kier alpha value is -3.29. The third kappa shape index (κ3) is 3.21. The Balaban J connectivity index is 2.07. The molecule has 0 aliphatic rings. The molecule has 0 aliphatic carbocycles. The molecule has 0 unspecified atom stereocenters. The molecule has 0 saturated carbocycles. The van der Waals surface area contributed by atoms with E-state index in [1.807, 2.05) is 36.4 Å². The van der Waals surface area contributed by atoms with Crippen LogP contribution in [0.5, 0.6) is 0 Å². The summed E-state index contributed by atoms with van der Waals surface area (Å²) in [6, 6.07) is 21.5. The summed E-state index contributed by atoms with van der Waals surface area (Å²) < 4.78 is 2.30. The van der Waals surface area contributed by atoms with Crippen LogP contribution in [-0.2, 0) is 0 Å². The second-order valence-corrected chi connectivity index (χ2v) is 7.04. The van der Waals surface area contributed by atoms with Crippen molar-refractivity contribution in [3.63, 3.8) is 0 Å². The Morgan fingerprint density at radius 2 is 1.79 bits per heavy atom.